The Bertz CT molecular complexity index is 1140. The Balaban J connectivity index is 1.74. The van der Waals surface area contributed by atoms with Crippen LogP contribution in [-0.2, 0) is 10.0 Å². The van der Waals surface area contributed by atoms with Gasteiger partial charge in [0.25, 0.3) is 10.0 Å². The highest BCUT2D eigenvalue weighted by atomic mass is 32.2. The third-order valence-electron chi connectivity index (χ3n) is 3.63. The molecule has 26 heavy (non-hydrogen) atoms. The van der Waals surface area contributed by atoms with Gasteiger partial charge in [0, 0.05) is 5.56 Å². The second-order valence-corrected chi connectivity index (χ2v) is 7.94. The Labute approximate surface area is 153 Å². The van der Waals surface area contributed by atoms with Gasteiger partial charge in [0.15, 0.2) is 0 Å². The van der Waals surface area contributed by atoms with E-state index in [2.05, 4.69) is 20.0 Å². The van der Waals surface area contributed by atoms with Gasteiger partial charge in [0.2, 0.25) is 4.96 Å². The molecule has 0 aliphatic carbocycles. The highest BCUT2D eigenvalue weighted by Crippen LogP contribution is 2.33. The van der Waals surface area contributed by atoms with E-state index in [1.165, 1.54) is 36.9 Å². The molecular formula is C16H13N5O3S2. The molecule has 0 saturated heterocycles. The molecule has 4 rings (SSSR count). The Morgan fingerprint density at radius 2 is 1.96 bits per heavy atom. The minimum absolute atomic E-state index is 0.172. The molecule has 4 aromatic rings. The lowest BCUT2D eigenvalue weighted by molar-refractivity contribution is 0.417. The smallest absolute Gasteiger partial charge is 0.262 e. The minimum atomic E-state index is -3.73. The number of nitrogens with zero attached hydrogens (tertiary/aromatic N) is 4. The third-order valence-corrected chi connectivity index (χ3v) is 5.97. The van der Waals surface area contributed by atoms with Crippen LogP contribution in [0.3, 0.4) is 0 Å². The summed E-state index contributed by atoms with van der Waals surface area (Å²) < 4.78 is 34.7. The number of rotatable bonds is 5. The van der Waals surface area contributed by atoms with Crippen LogP contribution in [-0.4, -0.2) is 35.3 Å². The average Bonchev–Trinajstić information content (AvgIpc) is 3.24. The number of ether oxygens (including phenoxy) is 1. The zero-order valence-electron chi connectivity index (χ0n) is 13.5. The van der Waals surface area contributed by atoms with Crippen LogP contribution in [0.4, 0.5) is 5.69 Å². The minimum Gasteiger partial charge on any atom is -0.495 e. The van der Waals surface area contributed by atoms with Gasteiger partial charge in [-0.25, -0.2) is 8.42 Å². The summed E-state index contributed by atoms with van der Waals surface area (Å²) in [7, 11) is -2.25. The first-order valence-electron chi connectivity index (χ1n) is 7.50. The summed E-state index contributed by atoms with van der Waals surface area (Å²) in [6.45, 7) is 0. The average molecular weight is 387 g/mol. The Morgan fingerprint density at radius 3 is 2.69 bits per heavy atom. The molecule has 0 radical (unpaired) electrons. The van der Waals surface area contributed by atoms with E-state index in [1.807, 2.05) is 6.07 Å². The molecule has 0 fully saturated rings. The van der Waals surface area contributed by atoms with Crippen LogP contribution in [0.25, 0.3) is 15.5 Å². The van der Waals surface area contributed by atoms with Crippen molar-refractivity contribution in [2.75, 3.05) is 11.8 Å². The van der Waals surface area contributed by atoms with E-state index < -0.39 is 10.0 Å². The second-order valence-electron chi connectivity index (χ2n) is 5.30. The van der Waals surface area contributed by atoms with Gasteiger partial charge in [-0.3, -0.25) is 4.72 Å². The third kappa shape index (κ3) is 3.00. The lowest BCUT2D eigenvalue weighted by Gasteiger charge is -2.13. The van der Waals surface area contributed by atoms with E-state index in [0.29, 0.717) is 21.4 Å². The van der Waals surface area contributed by atoms with Crippen LogP contribution >= 0.6 is 11.3 Å². The summed E-state index contributed by atoms with van der Waals surface area (Å²) in [5, 5.41) is 12.8. The lowest BCUT2D eigenvalue weighted by Crippen LogP contribution is -2.13. The molecule has 0 amide bonds. The van der Waals surface area contributed by atoms with E-state index >= 15 is 0 Å². The Kier molecular flexibility index (Phi) is 4.05. The van der Waals surface area contributed by atoms with Gasteiger partial charge < -0.3 is 4.74 Å². The highest BCUT2D eigenvalue weighted by Gasteiger charge is 2.18. The maximum Gasteiger partial charge on any atom is 0.262 e. The Morgan fingerprint density at radius 1 is 1.15 bits per heavy atom. The number of hydrogen-bond acceptors (Lipinski definition) is 7. The van der Waals surface area contributed by atoms with E-state index in [-0.39, 0.29) is 4.90 Å². The molecular weight excluding hydrogens is 374 g/mol. The van der Waals surface area contributed by atoms with Gasteiger partial charge in [-0.2, -0.15) is 9.61 Å². The number of anilines is 1. The number of hydrogen-bond donors (Lipinski definition) is 1. The number of sulfonamides is 1. The normalized spacial score (nSPS) is 11.6. The molecule has 0 spiro atoms. The topological polar surface area (TPSA) is 98.5 Å². The molecule has 0 aliphatic rings. The molecule has 0 aliphatic heterocycles. The van der Waals surface area contributed by atoms with Crippen molar-refractivity contribution < 1.29 is 13.2 Å². The summed E-state index contributed by atoms with van der Waals surface area (Å²) in [5.41, 5.74) is 1.08. The molecule has 132 valence electrons. The van der Waals surface area contributed by atoms with Crippen molar-refractivity contribution in [3.8, 4) is 16.3 Å². The fraction of sp³-hybridized carbons (Fsp3) is 0.0625. The fourth-order valence-electron chi connectivity index (χ4n) is 2.40. The standard InChI is InChI=1S/C16H13N5O3S2/c1-24-14-8-7-11(15-19-21-10-17-18-16(21)25-15)9-13(14)20-26(22,23)12-5-3-2-4-6-12/h2-10,20H,1H3. The van der Waals surface area contributed by atoms with Crippen molar-refractivity contribution in [2.24, 2.45) is 0 Å². The van der Waals surface area contributed by atoms with Gasteiger partial charge in [-0.05, 0) is 30.3 Å². The van der Waals surface area contributed by atoms with Crippen molar-refractivity contribution in [1.82, 2.24) is 19.8 Å². The number of aromatic nitrogens is 4. The summed E-state index contributed by atoms with van der Waals surface area (Å²) >= 11 is 1.35. The Hall–Kier alpha value is -2.98. The van der Waals surface area contributed by atoms with Crippen LogP contribution in [0.1, 0.15) is 0 Å². The molecule has 0 saturated carbocycles. The first-order chi connectivity index (χ1) is 12.6. The number of methoxy groups -OCH3 is 1. The van der Waals surface area contributed by atoms with Crippen LogP contribution in [0.2, 0.25) is 0 Å². The highest BCUT2D eigenvalue weighted by molar-refractivity contribution is 7.92. The molecule has 0 atom stereocenters. The molecule has 0 bridgehead atoms. The lowest BCUT2D eigenvalue weighted by atomic mass is 10.2. The van der Waals surface area contributed by atoms with Crippen molar-refractivity contribution >= 4 is 32.0 Å². The van der Waals surface area contributed by atoms with Gasteiger partial charge in [0.1, 0.15) is 17.1 Å². The first kappa shape index (κ1) is 16.5. The van der Waals surface area contributed by atoms with Crippen molar-refractivity contribution in [1.29, 1.82) is 0 Å². The monoisotopic (exact) mass is 387 g/mol. The molecule has 1 N–H and O–H groups in total. The van der Waals surface area contributed by atoms with Crippen molar-refractivity contribution in [2.45, 2.75) is 4.90 Å². The van der Waals surface area contributed by atoms with Crippen LogP contribution < -0.4 is 9.46 Å². The number of nitrogens with one attached hydrogen (secondary N) is 1. The molecule has 2 aromatic heterocycles. The van der Waals surface area contributed by atoms with Crippen LogP contribution in [0.15, 0.2) is 59.8 Å². The van der Waals surface area contributed by atoms with E-state index in [0.717, 1.165) is 5.56 Å². The first-order valence-corrected chi connectivity index (χ1v) is 9.80. The zero-order chi connectivity index (χ0) is 18.1. The molecule has 2 aromatic carbocycles. The predicted octanol–water partition coefficient (Wildman–Crippen LogP) is 2.66. The summed E-state index contributed by atoms with van der Waals surface area (Å²) in [6, 6.07) is 13.3. The van der Waals surface area contributed by atoms with Crippen molar-refractivity contribution in [3.05, 3.63) is 54.9 Å². The molecule has 8 nitrogen and oxygen atoms in total. The van der Waals surface area contributed by atoms with Crippen molar-refractivity contribution in [3.63, 3.8) is 0 Å². The SMILES string of the molecule is COc1ccc(-c2nn3cnnc3s2)cc1NS(=O)(=O)c1ccccc1. The predicted molar refractivity (Wildman–Crippen MR) is 97.9 cm³/mol. The van der Waals surface area contributed by atoms with E-state index in [9.17, 15) is 8.42 Å². The van der Waals surface area contributed by atoms with E-state index in [4.69, 9.17) is 4.74 Å². The number of benzene rings is 2. The number of fused-ring (bicyclic) bond motifs is 1. The van der Waals surface area contributed by atoms with Gasteiger partial charge in [0.05, 0.1) is 17.7 Å². The van der Waals surface area contributed by atoms with Gasteiger partial charge in [-0.1, -0.05) is 29.5 Å². The summed E-state index contributed by atoms with van der Waals surface area (Å²) in [5.74, 6) is 0.413. The van der Waals surface area contributed by atoms with Gasteiger partial charge >= 0.3 is 0 Å². The van der Waals surface area contributed by atoms with Gasteiger partial charge in [-0.15, -0.1) is 10.2 Å². The molecule has 0 unspecified atom stereocenters. The largest absolute Gasteiger partial charge is 0.495 e. The summed E-state index contributed by atoms with van der Waals surface area (Å²) in [4.78, 5) is 0.827. The maximum atomic E-state index is 12.6. The quantitative estimate of drug-likeness (QED) is 0.565. The fourth-order valence-corrected chi connectivity index (χ4v) is 4.30. The van der Waals surface area contributed by atoms with Crippen LogP contribution in [0, 0.1) is 0 Å². The second kappa shape index (κ2) is 6.39. The van der Waals surface area contributed by atoms with Crippen LogP contribution in [0.5, 0.6) is 5.75 Å². The molecule has 10 heteroatoms. The van der Waals surface area contributed by atoms with E-state index in [1.54, 1.807) is 34.8 Å². The zero-order valence-corrected chi connectivity index (χ0v) is 15.2. The molecule has 2 heterocycles. The summed E-state index contributed by atoms with van der Waals surface area (Å²) in [6.07, 6.45) is 1.51. The maximum absolute atomic E-state index is 12.6.